The van der Waals surface area contributed by atoms with Gasteiger partial charge in [0.05, 0.1) is 0 Å². The molecular formula is C8H9F3O2. The first-order valence-electron chi connectivity index (χ1n) is 3.66. The molecule has 0 amide bonds. The summed E-state index contributed by atoms with van der Waals surface area (Å²) < 4.78 is 40.5. The van der Waals surface area contributed by atoms with Crippen molar-refractivity contribution in [2.45, 2.75) is 19.2 Å². The van der Waals surface area contributed by atoms with Gasteiger partial charge in [-0.3, -0.25) is 0 Å². The lowest BCUT2D eigenvalue weighted by molar-refractivity contribution is -0.201. The predicted octanol–water partition coefficient (Wildman–Crippen LogP) is 1.77. The van der Waals surface area contributed by atoms with Crippen LogP contribution in [0, 0.1) is 0 Å². The van der Waals surface area contributed by atoms with Crippen molar-refractivity contribution in [1.82, 2.24) is 0 Å². The molecule has 0 spiro atoms. The van der Waals surface area contributed by atoms with E-state index in [0.29, 0.717) is 0 Å². The highest BCUT2D eigenvalue weighted by Gasteiger charge is 2.42. The minimum Gasteiger partial charge on any atom is -0.490 e. The third-order valence-electron chi connectivity index (χ3n) is 1.58. The number of ether oxygens (including phenoxy) is 1. The van der Waals surface area contributed by atoms with E-state index in [1.807, 2.05) is 0 Å². The molecule has 0 aromatic carbocycles. The van der Waals surface area contributed by atoms with Gasteiger partial charge < -0.3 is 9.84 Å². The van der Waals surface area contributed by atoms with E-state index in [1.165, 1.54) is 6.08 Å². The molecule has 0 saturated carbocycles. The average Bonchev–Trinajstić information content (AvgIpc) is 2.03. The van der Waals surface area contributed by atoms with E-state index in [9.17, 15) is 13.2 Å². The highest BCUT2D eigenvalue weighted by Crippen LogP contribution is 2.27. The van der Waals surface area contributed by atoms with Crippen molar-refractivity contribution in [3.05, 3.63) is 23.5 Å². The Morgan fingerprint density at radius 3 is 2.46 bits per heavy atom. The molecule has 0 bridgehead atoms. The second-order valence-electron chi connectivity index (χ2n) is 2.81. The lowest BCUT2D eigenvalue weighted by atomic mass is 10.2. The number of aliphatic hydroxyl groups is 1. The smallest absolute Gasteiger partial charge is 0.421 e. The van der Waals surface area contributed by atoms with Crippen LogP contribution in [-0.2, 0) is 4.74 Å². The van der Waals surface area contributed by atoms with Gasteiger partial charge in [0, 0.05) is 0 Å². The Kier molecular flexibility index (Phi) is 2.66. The molecular weight excluding hydrogens is 185 g/mol. The maximum Gasteiger partial charge on any atom is 0.421 e. The van der Waals surface area contributed by atoms with Crippen molar-refractivity contribution >= 4 is 0 Å². The number of hydrogen-bond donors (Lipinski definition) is 1. The zero-order valence-corrected chi connectivity index (χ0v) is 6.93. The van der Waals surface area contributed by atoms with E-state index in [0.717, 1.165) is 11.6 Å². The summed E-state index contributed by atoms with van der Waals surface area (Å²) in [4.78, 5) is 0. The van der Waals surface area contributed by atoms with Crippen LogP contribution in [0.1, 0.15) is 6.92 Å². The van der Waals surface area contributed by atoms with Gasteiger partial charge in [0.25, 0.3) is 0 Å². The van der Waals surface area contributed by atoms with Crippen molar-refractivity contribution in [2.75, 3.05) is 6.61 Å². The molecule has 1 rings (SSSR count). The molecule has 1 aliphatic heterocycles. The zero-order valence-electron chi connectivity index (χ0n) is 6.93. The van der Waals surface area contributed by atoms with Crippen molar-refractivity contribution in [3.8, 4) is 0 Å². The number of alkyl halides is 3. The van der Waals surface area contributed by atoms with Crippen LogP contribution in [0.3, 0.4) is 0 Å². The van der Waals surface area contributed by atoms with E-state index in [-0.39, 0.29) is 6.61 Å². The lowest BCUT2D eigenvalue weighted by Crippen LogP contribution is -2.32. The number of rotatable bonds is 1. The summed E-state index contributed by atoms with van der Waals surface area (Å²) >= 11 is 0. The van der Waals surface area contributed by atoms with Crippen molar-refractivity contribution in [2.24, 2.45) is 0 Å². The SMILES string of the molecule is CC1=CC=C([C@H](O)C(F)(F)F)OC1. The molecule has 1 heterocycles. The fourth-order valence-electron chi connectivity index (χ4n) is 0.849. The normalized spacial score (nSPS) is 20.1. The molecule has 2 nitrogen and oxygen atoms in total. The van der Waals surface area contributed by atoms with E-state index in [2.05, 4.69) is 0 Å². The van der Waals surface area contributed by atoms with Gasteiger partial charge in [-0.05, 0) is 18.6 Å². The molecule has 0 aromatic rings. The third-order valence-corrected chi connectivity index (χ3v) is 1.58. The lowest BCUT2D eigenvalue weighted by Gasteiger charge is -2.20. The van der Waals surface area contributed by atoms with Crippen LogP contribution < -0.4 is 0 Å². The Bertz CT molecular complexity index is 253. The fraction of sp³-hybridized carbons (Fsp3) is 0.500. The molecule has 1 aliphatic rings. The van der Waals surface area contributed by atoms with E-state index < -0.39 is 18.0 Å². The second kappa shape index (κ2) is 3.41. The van der Waals surface area contributed by atoms with Crippen LogP contribution >= 0.6 is 0 Å². The Morgan fingerprint density at radius 1 is 1.46 bits per heavy atom. The topological polar surface area (TPSA) is 29.5 Å². The molecule has 0 fully saturated rings. The molecule has 74 valence electrons. The van der Waals surface area contributed by atoms with Gasteiger partial charge in [0.2, 0.25) is 6.10 Å². The van der Waals surface area contributed by atoms with Crippen LogP contribution in [-0.4, -0.2) is 24.0 Å². The van der Waals surface area contributed by atoms with E-state index >= 15 is 0 Å². The predicted molar refractivity (Wildman–Crippen MR) is 39.9 cm³/mol. The van der Waals surface area contributed by atoms with Crippen LogP contribution in [0.15, 0.2) is 23.5 Å². The Balaban J connectivity index is 2.74. The Labute approximate surface area is 73.3 Å². The van der Waals surface area contributed by atoms with Gasteiger partial charge in [-0.1, -0.05) is 6.08 Å². The summed E-state index contributed by atoms with van der Waals surface area (Å²) in [6.07, 6.45) is -4.55. The maximum atomic E-state index is 11.9. The molecule has 0 saturated heterocycles. The van der Waals surface area contributed by atoms with Gasteiger partial charge >= 0.3 is 6.18 Å². The standard InChI is InChI=1S/C8H9F3O2/c1-5-2-3-6(13-4-5)7(12)8(9,10)11/h2-3,7,12H,4H2,1H3/t7-/m0/s1. The largest absolute Gasteiger partial charge is 0.490 e. The summed E-state index contributed by atoms with van der Waals surface area (Å²) in [6, 6.07) is 0. The number of halogens is 3. The van der Waals surface area contributed by atoms with Gasteiger partial charge in [0.1, 0.15) is 12.4 Å². The molecule has 1 atom stereocenters. The quantitative estimate of drug-likeness (QED) is 0.689. The summed E-state index contributed by atoms with van der Waals surface area (Å²) in [5.41, 5.74) is 0.818. The Morgan fingerprint density at radius 2 is 2.08 bits per heavy atom. The average molecular weight is 194 g/mol. The van der Waals surface area contributed by atoms with Gasteiger partial charge in [0.15, 0.2) is 0 Å². The molecule has 5 heteroatoms. The summed E-state index contributed by atoms with van der Waals surface area (Å²) in [5.74, 6) is -0.446. The zero-order chi connectivity index (χ0) is 10.1. The van der Waals surface area contributed by atoms with E-state index in [1.54, 1.807) is 6.92 Å². The summed E-state index contributed by atoms with van der Waals surface area (Å²) in [5, 5.41) is 8.75. The maximum absolute atomic E-state index is 11.9. The third kappa shape index (κ3) is 2.48. The van der Waals surface area contributed by atoms with Crippen molar-refractivity contribution in [1.29, 1.82) is 0 Å². The van der Waals surface area contributed by atoms with Crippen LogP contribution in [0.5, 0.6) is 0 Å². The minimum atomic E-state index is -4.66. The molecule has 13 heavy (non-hydrogen) atoms. The number of allylic oxidation sites excluding steroid dienone is 2. The number of hydrogen-bond acceptors (Lipinski definition) is 2. The van der Waals surface area contributed by atoms with Gasteiger partial charge in [-0.25, -0.2) is 0 Å². The first kappa shape index (κ1) is 10.1. The van der Waals surface area contributed by atoms with Crippen LogP contribution in [0.4, 0.5) is 13.2 Å². The molecule has 0 aliphatic carbocycles. The van der Waals surface area contributed by atoms with Crippen molar-refractivity contribution in [3.63, 3.8) is 0 Å². The first-order chi connectivity index (χ1) is 5.91. The highest BCUT2D eigenvalue weighted by atomic mass is 19.4. The number of aliphatic hydroxyl groups excluding tert-OH is 1. The van der Waals surface area contributed by atoms with Crippen LogP contribution in [0.2, 0.25) is 0 Å². The Hall–Kier alpha value is -0.970. The molecule has 1 N–H and O–H groups in total. The first-order valence-corrected chi connectivity index (χ1v) is 3.66. The minimum absolute atomic E-state index is 0.0962. The van der Waals surface area contributed by atoms with Crippen molar-refractivity contribution < 1.29 is 23.0 Å². The highest BCUT2D eigenvalue weighted by molar-refractivity contribution is 5.21. The van der Waals surface area contributed by atoms with Crippen LogP contribution in [0.25, 0.3) is 0 Å². The van der Waals surface area contributed by atoms with Gasteiger partial charge in [-0.2, -0.15) is 13.2 Å². The second-order valence-corrected chi connectivity index (χ2v) is 2.81. The van der Waals surface area contributed by atoms with Gasteiger partial charge in [-0.15, -0.1) is 0 Å². The molecule has 0 unspecified atom stereocenters. The fourth-order valence-corrected chi connectivity index (χ4v) is 0.849. The molecule has 0 radical (unpaired) electrons. The summed E-state index contributed by atoms with van der Waals surface area (Å²) in [6.45, 7) is 1.83. The van der Waals surface area contributed by atoms with E-state index in [4.69, 9.17) is 9.84 Å². The monoisotopic (exact) mass is 194 g/mol. The summed E-state index contributed by atoms with van der Waals surface area (Å²) in [7, 11) is 0. The molecule has 0 aromatic heterocycles.